The highest BCUT2D eigenvalue weighted by Crippen LogP contribution is 2.35. The van der Waals surface area contributed by atoms with Crippen LogP contribution in [0.3, 0.4) is 0 Å². The second-order valence-corrected chi connectivity index (χ2v) is 7.38. The van der Waals surface area contributed by atoms with Crippen molar-refractivity contribution in [2.75, 3.05) is 12.4 Å². The van der Waals surface area contributed by atoms with Gasteiger partial charge in [0.2, 0.25) is 5.91 Å². The third-order valence-corrected chi connectivity index (χ3v) is 5.97. The fourth-order valence-electron chi connectivity index (χ4n) is 2.68. The van der Waals surface area contributed by atoms with Crippen LogP contribution < -0.4 is 10.9 Å². The number of imide groups is 1. The number of aryl methyl sites for hydroxylation is 2. The average molecular weight is 367 g/mol. The van der Waals surface area contributed by atoms with Crippen molar-refractivity contribution in [2.24, 2.45) is 7.05 Å². The maximum Gasteiger partial charge on any atom is 0.413 e. The molecule has 0 spiro atoms. The number of carbonyl (C=O) groups excluding carboxylic acids is 2. The van der Waals surface area contributed by atoms with E-state index in [1.54, 1.807) is 25.3 Å². The summed E-state index contributed by atoms with van der Waals surface area (Å²) in [5, 5.41) is 3.30. The SMILES string of the molecule is CCOC(=O)NC(=O)CSc1nc2sc3c(c2c(=O)n1C)CCC3. The lowest BCUT2D eigenvalue weighted by Gasteiger charge is -2.07. The normalized spacial score (nSPS) is 13.1. The molecule has 0 aromatic carbocycles. The van der Waals surface area contributed by atoms with Crippen molar-refractivity contribution in [3.63, 3.8) is 0 Å². The first-order valence-electron chi connectivity index (χ1n) is 7.62. The van der Waals surface area contributed by atoms with Gasteiger partial charge in [-0.1, -0.05) is 11.8 Å². The first-order valence-corrected chi connectivity index (χ1v) is 9.42. The first-order chi connectivity index (χ1) is 11.5. The molecule has 1 N–H and O–H groups in total. The Balaban J connectivity index is 1.78. The van der Waals surface area contributed by atoms with E-state index < -0.39 is 12.0 Å². The number of nitrogens with one attached hydrogen (secondary N) is 1. The fourth-order valence-corrected chi connectivity index (χ4v) is 4.76. The predicted octanol–water partition coefficient (Wildman–Crippen LogP) is 1.85. The molecule has 0 bridgehead atoms. The second kappa shape index (κ2) is 6.94. The molecule has 2 aromatic rings. The maximum atomic E-state index is 12.6. The number of ether oxygens (including phenoxy) is 1. The van der Waals surface area contributed by atoms with Crippen LogP contribution in [0.15, 0.2) is 9.95 Å². The highest BCUT2D eigenvalue weighted by Gasteiger charge is 2.22. The zero-order valence-electron chi connectivity index (χ0n) is 13.4. The minimum Gasteiger partial charge on any atom is -0.450 e. The van der Waals surface area contributed by atoms with Gasteiger partial charge < -0.3 is 4.74 Å². The van der Waals surface area contributed by atoms with E-state index in [1.165, 1.54) is 9.44 Å². The number of hydrogen-bond acceptors (Lipinski definition) is 7. The Bertz CT molecular complexity index is 872. The third kappa shape index (κ3) is 3.18. The van der Waals surface area contributed by atoms with Crippen LogP contribution in [0.1, 0.15) is 23.8 Å². The van der Waals surface area contributed by atoms with Crippen molar-refractivity contribution >= 4 is 45.3 Å². The molecule has 128 valence electrons. The highest BCUT2D eigenvalue weighted by molar-refractivity contribution is 7.99. The molecule has 0 radical (unpaired) electrons. The van der Waals surface area contributed by atoms with E-state index in [-0.39, 0.29) is 17.9 Å². The molecule has 1 aliphatic rings. The Morgan fingerprint density at radius 1 is 1.42 bits per heavy atom. The molecule has 0 saturated heterocycles. The van der Waals surface area contributed by atoms with Gasteiger partial charge >= 0.3 is 6.09 Å². The lowest BCUT2D eigenvalue weighted by molar-refractivity contribution is -0.117. The quantitative estimate of drug-likeness (QED) is 0.655. The van der Waals surface area contributed by atoms with Gasteiger partial charge in [0, 0.05) is 11.9 Å². The average Bonchev–Trinajstić information content (AvgIpc) is 3.10. The minimum atomic E-state index is -0.768. The number of hydrogen-bond donors (Lipinski definition) is 1. The van der Waals surface area contributed by atoms with Crippen molar-refractivity contribution < 1.29 is 14.3 Å². The van der Waals surface area contributed by atoms with E-state index in [0.29, 0.717) is 5.16 Å². The molecule has 0 aliphatic heterocycles. The molecule has 0 fully saturated rings. The van der Waals surface area contributed by atoms with E-state index in [0.717, 1.165) is 46.8 Å². The molecule has 3 rings (SSSR count). The number of fused-ring (bicyclic) bond motifs is 3. The molecule has 9 heteroatoms. The van der Waals surface area contributed by atoms with E-state index >= 15 is 0 Å². The predicted molar refractivity (Wildman–Crippen MR) is 92.8 cm³/mol. The minimum absolute atomic E-state index is 0.0182. The number of aromatic nitrogens is 2. The smallest absolute Gasteiger partial charge is 0.413 e. The van der Waals surface area contributed by atoms with Gasteiger partial charge in [0.25, 0.3) is 5.56 Å². The van der Waals surface area contributed by atoms with Gasteiger partial charge in [0.05, 0.1) is 17.7 Å². The number of rotatable bonds is 4. The van der Waals surface area contributed by atoms with Gasteiger partial charge in [-0.25, -0.2) is 9.78 Å². The van der Waals surface area contributed by atoms with Gasteiger partial charge in [-0.2, -0.15) is 0 Å². The standard InChI is InChI=1S/C15H17N3O4S2/c1-3-22-15(21)16-10(19)7-23-14-17-12-11(13(20)18(14)2)8-5-4-6-9(8)24-12/h3-7H2,1-2H3,(H,16,19,21). The summed E-state index contributed by atoms with van der Waals surface area (Å²) in [6, 6.07) is 0. The molecule has 0 saturated carbocycles. The Hall–Kier alpha value is -1.87. The zero-order valence-corrected chi connectivity index (χ0v) is 15.0. The molecule has 0 unspecified atom stereocenters. The Morgan fingerprint density at radius 3 is 2.96 bits per heavy atom. The molecule has 2 aromatic heterocycles. The maximum absolute atomic E-state index is 12.6. The molecule has 24 heavy (non-hydrogen) atoms. The molecular weight excluding hydrogens is 350 g/mol. The fraction of sp³-hybridized carbons (Fsp3) is 0.467. The van der Waals surface area contributed by atoms with Crippen molar-refractivity contribution in [2.45, 2.75) is 31.3 Å². The molecule has 2 heterocycles. The van der Waals surface area contributed by atoms with Gasteiger partial charge in [0.15, 0.2) is 5.16 Å². The topological polar surface area (TPSA) is 90.3 Å². The summed E-state index contributed by atoms with van der Waals surface area (Å²) in [4.78, 5) is 42.1. The molecule has 7 nitrogen and oxygen atoms in total. The molecule has 0 atom stereocenters. The third-order valence-electron chi connectivity index (χ3n) is 3.75. The molecule has 1 aliphatic carbocycles. The highest BCUT2D eigenvalue weighted by atomic mass is 32.2. The van der Waals surface area contributed by atoms with E-state index in [1.807, 2.05) is 0 Å². The summed E-state index contributed by atoms with van der Waals surface area (Å²) in [7, 11) is 1.65. The van der Waals surface area contributed by atoms with Crippen LogP contribution in [0.25, 0.3) is 10.2 Å². The summed E-state index contributed by atoms with van der Waals surface area (Å²) in [5.74, 6) is -0.503. The molecular formula is C15H17N3O4S2. The number of thioether (sulfide) groups is 1. The summed E-state index contributed by atoms with van der Waals surface area (Å²) in [6.45, 7) is 1.86. The number of nitrogens with zero attached hydrogens (tertiary/aromatic N) is 2. The number of alkyl carbamates (subject to hydrolysis) is 1. The lowest BCUT2D eigenvalue weighted by atomic mass is 10.2. The first kappa shape index (κ1) is 17.0. The van der Waals surface area contributed by atoms with Crippen LogP contribution >= 0.6 is 23.1 Å². The van der Waals surface area contributed by atoms with Crippen molar-refractivity contribution in [1.82, 2.24) is 14.9 Å². The van der Waals surface area contributed by atoms with E-state index in [9.17, 15) is 14.4 Å². The number of thiophene rings is 1. The largest absolute Gasteiger partial charge is 0.450 e. The van der Waals surface area contributed by atoms with Crippen LogP contribution in [-0.4, -0.2) is 33.9 Å². The van der Waals surface area contributed by atoms with Crippen LogP contribution in [0, 0.1) is 0 Å². The zero-order chi connectivity index (χ0) is 17.3. The van der Waals surface area contributed by atoms with Gasteiger partial charge in [0.1, 0.15) is 4.83 Å². The Morgan fingerprint density at radius 2 is 2.21 bits per heavy atom. The summed E-state index contributed by atoms with van der Waals surface area (Å²) >= 11 is 2.69. The van der Waals surface area contributed by atoms with E-state index in [4.69, 9.17) is 0 Å². The van der Waals surface area contributed by atoms with Crippen molar-refractivity contribution in [3.05, 3.63) is 20.8 Å². The monoisotopic (exact) mass is 367 g/mol. The number of carbonyl (C=O) groups is 2. The van der Waals surface area contributed by atoms with Crippen molar-refractivity contribution in [3.8, 4) is 0 Å². The Labute approximate surface area is 146 Å². The van der Waals surface area contributed by atoms with Crippen molar-refractivity contribution in [1.29, 1.82) is 0 Å². The lowest BCUT2D eigenvalue weighted by Crippen LogP contribution is -2.32. The van der Waals surface area contributed by atoms with Gasteiger partial charge in [-0.05, 0) is 31.7 Å². The van der Waals surface area contributed by atoms with Gasteiger partial charge in [-0.3, -0.25) is 19.5 Å². The summed E-state index contributed by atoms with van der Waals surface area (Å²) in [6.07, 6.45) is 2.25. The van der Waals surface area contributed by atoms with Crippen LogP contribution in [0.4, 0.5) is 4.79 Å². The summed E-state index contributed by atoms with van der Waals surface area (Å²) in [5.41, 5.74) is 1.06. The summed E-state index contributed by atoms with van der Waals surface area (Å²) < 4.78 is 6.12. The number of amides is 2. The second-order valence-electron chi connectivity index (χ2n) is 5.35. The van der Waals surface area contributed by atoms with Crippen LogP contribution in [0.5, 0.6) is 0 Å². The van der Waals surface area contributed by atoms with Gasteiger partial charge in [-0.15, -0.1) is 11.3 Å². The van der Waals surface area contributed by atoms with Crippen LogP contribution in [0.2, 0.25) is 0 Å². The van der Waals surface area contributed by atoms with Crippen LogP contribution in [-0.2, 0) is 29.4 Å². The van der Waals surface area contributed by atoms with E-state index in [2.05, 4.69) is 15.0 Å². The Kier molecular flexibility index (Phi) is 4.91. The molecule has 2 amide bonds.